The molecule has 3 nitrogen and oxygen atoms in total. The molecule has 1 aromatic rings. The molecule has 3 unspecified atom stereocenters. The highest BCUT2D eigenvalue weighted by molar-refractivity contribution is 9.10. The van der Waals surface area contributed by atoms with Crippen LogP contribution < -0.4 is 0 Å². The number of hydrogen-bond acceptors (Lipinski definition) is 3. The van der Waals surface area contributed by atoms with Gasteiger partial charge in [-0.2, -0.15) is 0 Å². The maximum Gasteiger partial charge on any atom is 0.0813 e. The number of aliphatic hydroxyl groups is 1. The van der Waals surface area contributed by atoms with Crippen molar-refractivity contribution in [3.63, 3.8) is 0 Å². The molecule has 0 aromatic heterocycles. The van der Waals surface area contributed by atoms with E-state index in [1.165, 1.54) is 19.3 Å². The lowest BCUT2D eigenvalue weighted by Gasteiger charge is -2.38. The van der Waals surface area contributed by atoms with Crippen LogP contribution in [0, 0.1) is 0 Å². The molecule has 1 heterocycles. The largest absolute Gasteiger partial charge is 0.388 e. The molecule has 1 aliphatic carbocycles. The molecule has 0 spiro atoms. The van der Waals surface area contributed by atoms with Crippen LogP contribution in [-0.2, 0) is 4.74 Å². The summed E-state index contributed by atoms with van der Waals surface area (Å²) < 4.78 is 6.82. The summed E-state index contributed by atoms with van der Waals surface area (Å²) in [5.74, 6) is 0. The van der Waals surface area contributed by atoms with Crippen LogP contribution in [0.1, 0.15) is 37.4 Å². The van der Waals surface area contributed by atoms with Crippen LogP contribution in [0.25, 0.3) is 0 Å². The van der Waals surface area contributed by atoms with Gasteiger partial charge < -0.3 is 9.84 Å². The van der Waals surface area contributed by atoms with Gasteiger partial charge in [-0.05, 0) is 37.3 Å². The minimum absolute atomic E-state index is 0.395. The van der Waals surface area contributed by atoms with E-state index in [0.717, 1.165) is 36.2 Å². The summed E-state index contributed by atoms with van der Waals surface area (Å²) in [6, 6.07) is 8.51. The van der Waals surface area contributed by atoms with Crippen molar-refractivity contribution in [1.82, 2.24) is 4.90 Å². The van der Waals surface area contributed by atoms with Crippen molar-refractivity contribution >= 4 is 15.9 Å². The van der Waals surface area contributed by atoms with Crippen molar-refractivity contribution in [2.24, 2.45) is 0 Å². The summed E-state index contributed by atoms with van der Waals surface area (Å²) >= 11 is 3.51. The highest BCUT2D eigenvalue weighted by Crippen LogP contribution is 2.31. The van der Waals surface area contributed by atoms with Crippen molar-refractivity contribution in [3.8, 4) is 0 Å². The summed E-state index contributed by atoms with van der Waals surface area (Å²) in [6.07, 6.45) is 4.55. The minimum Gasteiger partial charge on any atom is -0.388 e. The van der Waals surface area contributed by atoms with Gasteiger partial charge in [-0.25, -0.2) is 0 Å². The van der Waals surface area contributed by atoms with E-state index in [0.29, 0.717) is 12.1 Å². The molecule has 2 aliphatic rings. The fraction of sp³-hybridized carbons (Fsp3) is 0.625. The number of aliphatic hydroxyl groups excluding tert-OH is 1. The highest BCUT2D eigenvalue weighted by Gasteiger charge is 2.35. The third-order valence-corrected chi connectivity index (χ3v) is 5.27. The summed E-state index contributed by atoms with van der Waals surface area (Å²) in [5.41, 5.74) is 0.990. The summed E-state index contributed by atoms with van der Waals surface area (Å²) in [6.45, 7) is 2.79. The Labute approximate surface area is 129 Å². The van der Waals surface area contributed by atoms with Gasteiger partial charge in [0.05, 0.1) is 18.8 Å². The predicted octanol–water partition coefficient (Wildman–Crippen LogP) is 3.13. The first-order valence-electron chi connectivity index (χ1n) is 7.54. The predicted molar refractivity (Wildman–Crippen MR) is 82.7 cm³/mol. The molecule has 0 amide bonds. The van der Waals surface area contributed by atoms with Crippen LogP contribution >= 0.6 is 15.9 Å². The Balaban J connectivity index is 1.57. The monoisotopic (exact) mass is 339 g/mol. The zero-order valence-electron chi connectivity index (χ0n) is 11.7. The number of fused-ring (bicyclic) bond motifs is 1. The number of hydrogen-bond donors (Lipinski definition) is 1. The minimum atomic E-state index is -0.395. The topological polar surface area (TPSA) is 32.7 Å². The lowest BCUT2D eigenvalue weighted by atomic mass is 10.0. The SMILES string of the molecule is OC(CCN1CCOC2CCCC21)c1ccccc1Br. The van der Waals surface area contributed by atoms with Gasteiger partial charge in [0.2, 0.25) is 0 Å². The van der Waals surface area contributed by atoms with E-state index in [2.05, 4.69) is 20.8 Å². The molecule has 1 N–H and O–H groups in total. The Morgan fingerprint density at radius 2 is 2.20 bits per heavy atom. The van der Waals surface area contributed by atoms with E-state index >= 15 is 0 Å². The number of halogens is 1. The van der Waals surface area contributed by atoms with Crippen molar-refractivity contribution in [2.75, 3.05) is 19.7 Å². The van der Waals surface area contributed by atoms with Crippen LogP contribution in [0.2, 0.25) is 0 Å². The van der Waals surface area contributed by atoms with Gasteiger partial charge in [0.25, 0.3) is 0 Å². The second kappa shape index (κ2) is 6.56. The second-order valence-electron chi connectivity index (χ2n) is 5.77. The molecule has 1 aliphatic heterocycles. The number of ether oxygens (including phenoxy) is 1. The summed E-state index contributed by atoms with van der Waals surface area (Å²) in [4.78, 5) is 2.52. The summed E-state index contributed by atoms with van der Waals surface area (Å²) in [5, 5.41) is 10.4. The third-order valence-electron chi connectivity index (χ3n) is 4.55. The molecule has 1 aromatic carbocycles. The van der Waals surface area contributed by atoms with Crippen molar-refractivity contribution in [2.45, 2.75) is 43.9 Å². The number of rotatable bonds is 4. The summed E-state index contributed by atoms with van der Waals surface area (Å²) in [7, 11) is 0. The Morgan fingerprint density at radius 1 is 1.35 bits per heavy atom. The molecule has 4 heteroatoms. The number of nitrogens with zero attached hydrogens (tertiary/aromatic N) is 1. The lowest BCUT2D eigenvalue weighted by Crippen LogP contribution is -2.48. The van der Waals surface area contributed by atoms with E-state index in [1.807, 2.05) is 24.3 Å². The molecular weight excluding hydrogens is 318 g/mol. The molecule has 0 bridgehead atoms. The Bertz CT molecular complexity index is 454. The molecule has 2 fully saturated rings. The highest BCUT2D eigenvalue weighted by atomic mass is 79.9. The van der Waals surface area contributed by atoms with Crippen LogP contribution in [0.4, 0.5) is 0 Å². The van der Waals surface area contributed by atoms with Crippen molar-refractivity contribution in [1.29, 1.82) is 0 Å². The molecule has 0 radical (unpaired) electrons. The van der Waals surface area contributed by atoms with Gasteiger partial charge in [-0.3, -0.25) is 4.90 Å². The smallest absolute Gasteiger partial charge is 0.0813 e. The van der Waals surface area contributed by atoms with Gasteiger partial charge >= 0.3 is 0 Å². The van der Waals surface area contributed by atoms with Gasteiger partial charge in [0.1, 0.15) is 0 Å². The van der Waals surface area contributed by atoms with Crippen LogP contribution in [0.3, 0.4) is 0 Å². The van der Waals surface area contributed by atoms with Gasteiger partial charge in [0, 0.05) is 23.6 Å². The molecule has 1 saturated heterocycles. The molecular formula is C16H22BrNO2. The standard InChI is InChI=1S/C16H22BrNO2/c17-13-5-2-1-4-12(13)15(19)8-9-18-10-11-20-16-7-3-6-14(16)18/h1-2,4-5,14-16,19H,3,6-11H2. The van der Waals surface area contributed by atoms with Crippen LogP contribution in [0.5, 0.6) is 0 Å². The quantitative estimate of drug-likeness (QED) is 0.914. The first-order valence-corrected chi connectivity index (χ1v) is 8.33. The number of benzene rings is 1. The van der Waals surface area contributed by atoms with Gasteiger partial charge in [-0.1, -0.05) is 34.1 Å². The normalized spacial score (nSPS) is 28.3. The second-order valence-corrected chi connectivity index (χ2v) is 6.62. The van der Waals surface area contributed by atoms with E-state index in [-0.39, 0.29) is 0 Å². The average Bonchev–Trinajstić information content (AvgIpc) is 2.94. The van der Waals surface area contributed by atoms with Gasteiger partial charge in [-0.15, -0.1) is 0 Å². The third kappa shape index (κ3) is 3.08. The Hall–Kier alpha value is -0.420. The zero-order chi connectivity index (χ0) is 13.9. The van der Waals surface area contributed by atoms with Crippen LogP contribution in [0.15, 0.2) is 28.7 Å². The first-order chi connectivity index (χ1) is 9.75. The fourth-order valence-electron chi connectivity index (χ4n) is 3.47. The molecule has 3 rings (SSSR count). The van der Waals surface area contributed by atoms with E-state index in [9.17, 15) is 5.11 Å². The molecule has 110 valence electrons. The Morgan fingerprint density at radius 3 is 3.05 bits per heavy atom. The molecule has 20 heavy (non-hydrogen) atoms. The van der Waals surface area contributed by atoms with Crippen molar-refractivity contribution < 1.29 is 9.84 Å². The zero-order valence-corrected chi connectivity index (χ0v) is 13.3. The lowest BCUT2D eigenvalue weighted by molar-refractivity contribution is -0.0588. The average molecular weight is 340 g/mol. The van der Waals surface area contributed by atoms with Crippen molar-refractivity contribution in [3.05, 3.63) is 34.3 Å². The molecule has 3 atom stereocenters. The first kappa shape index (κ1) is 14.5. The van der Waals surface area contributed by atoms with Crippen LogP contribution in [-0.4, -0.2) is 41.8 Å². The number of morpholine rings is 1. The maximum atomic E-state index is 10.4. The van der Waals surface area contributed by atoms with E-state index in [1.54, 1.807) is 0 Å². The van der Waals surface area contributed by atoms with E-state index in [4.69, 9.17) is 4.74 Å². The van der Waals surface area contributed by atoms with Gasteiger partial charge in [0.15, 0.2) is 0 Å². The van der Waals surface area contributed by atoms with E-state index < -0.39 is 6.10 Å². The maximum absolute atomic E-state index is 10.4. The molecule has 1 saturated carbocycles. The fourth-order valence-corrected chi connectivity index (χ4v) is 4.02. The Kier molecular flexibility index (Phi) is 4.76.